The van der Waals surface area contributed by atoms with Gasteiger partial charge in [-0.15, -0.1) is 11.3 Å². The van der Waals surface area contributed by atoms with Crippen LogP contribution >= 0.6 is 11.3 Å². The summed E-state index contributed by atoms with van der Waals surface area (Å²) in [4.78, 5) is 16.4. The molecule has 2 aromatic rings. The number of esters is 1. The molecule has 0 fully saturated rings. The van der Waals surface area contributed by atoms with Gasteiger partial charge in [-0.1, -0.05) is 0 Å². The van der Waals surface area contributed by atoms with Crippen molar-refractivity contribution in [3.8, 4) is 16.2 Å². The third-order valence-electron chi connectivity index (χ3n) is 2.37. The third kappa shape index (κ3) is 2.51. The normalized spacial score (nSPS) is 10.1. The Hall–Kier alpha value is -1.88. The molecule has 18 heavy (non-hydrogen) atoms. The highest BCUT2D eigenvalue weighted by Gasteiger charge is 2.16. The number of hydrogen-bond acceptors (Lipinski definition) is 5. The van der Waals surface area contributed by atoms with E-state index in [-0.39, 0.29) is 0 Å². The zero-order valence-corrected chi connectivity index (χ0v) is 11.0. The van der Waals surface area contributed by atoms with Gasteiger partial charge in [-0.05, 0) is 36.8 Å². The van der Waals surface area contributed by atoms with Crippen LogP contribution in [0.1, 0.15) is 17.4 Å². The van der Waals surface area contributed by atoms with Gasteiger partial charge in [0, 0.05) is 0 Å². The van der Waals surface area contributed by atoms with Crippen LogP contribution in [0.15, 0.2) is 29.8 Å². The third-order valence-corrected chi connectivity index (χ3v) is 3.25. The molecule has 0 atom stereocenters. The van der Waals surface area contributed by atoms with E-state index in [1.54, 1.807) is 5.51 Å². The Morgan fingerprint density at radius 2 is 2.06 bits per heavy atom. The summed E-state index contributed by atoms with van der Waals surface area (Å²) in [5.41, 5.74) is 2.92. The average Bonchev–Trinajstić information content (AvgIpc) is 2.88. The second-order valence-corrected chi connectivity index (χ2v) is 4.33. The smallest absolute Gasteiger partial charge is 0.358 e. The molecule has 4 nitrogen and oxygen atoms in total. The number of carbonyl (C=O) groups excluding carboxylic acids is 1. The van der Waals surface area contributed by atoms with Gasteiger partial charge in [-0.2, -0.15) is 0 Å². The molecule has 0 radical (unpaired) electrons. The second-order valence-electron chi connectivity index (χ2n) is 3.48. The van der Waals surface area contributed by atoms with Crippen LogP contribution < -0.4 is 4.74 Å². The van der Waals surface area contributed by atoms with Crippen molar-refractivity contribution >= 4 is 17.3 Å². The quantitative estimate of drug-likeness (QED) is 0.796. The van der Waals surface area contributed by atoms with Crippen LogP contribution in [0.2, 0.25) is 0 Å². The van der Waals surface area contributed by atoms with Crippen molar-refractivity contribution in [1.29, 1.82) is 0 Å². The second kappa shape index (κ2) is 5.64. The summed E-state index contributed by atoms with van der Waals surface area (Å²) in [6, 6.07) is 7.56. The molecule has 0 N–H and O–H groups in total. The van der Waals surface area contributed by atoms with E-state index in [2.05, 4.69) is 4.98 Å². The Labute approximate surface area is 109 Å². The monoisotopic (exact) mass is 263 g/mol. The van der Waals surface area contributed by atoms with Crippen molar-refractivity contribution < 1.29 is 14.3 Å². The fourth-order valence-corrected chi connectivity index (χ4v) is 2.35. The standard InChI is InChI=1S/C13H13NO3S/c1-3-17-10-6-4-9(5-7-10)12-11(13(15)16-2)14-8-18-12/h4-8H,3H2,1-2H3. The molecule has 1 heterocycles. The molecule has 0 saturated carbocycles. The number of thiazole rings is 1. The number of rotatable bonds is 4. The maximum absolute atomic E-state index is 11.5. The SMILES string of the molecule is CCOc1ccc(-c2scnc2C(=O)OC)cc1. The van der Waals surface area contributed by atoms with Crippen LogP contribution in [-0.4, -0.2) is 24.7 Å². The maximum atomic E-state index is 11.5. The molecule has 0 saturated heterocycles. The summed E-state index contributed by atoms with van der Waals surface area (Å²) in [6.45, 7) is 2.57. The van der Waals surface area contributed by atoms with E-state index in [0.29, 0.717) is 12.3 Å². The van der Waals surface area contributed by atoms with Gasteiger partial charge in [0.2, 0.25) is 0 Å². The van der Waals surface area contributed by atoms with Gasteiger partial charge in [-0.25, -0.2) is 9.78 Å². The average molecular weight is 263 g/mol. The predicted octanol–water partition coefficient (Wildman–Crippen LogP) is 3.00. The van der Waals surface area contributed by atoms with Crippen molar-refractivity contribution in [3.05, 3.63) is 35.5 Å². The molecule has 1 aromatic heterocycles. The molecule has 0 unspecified atom stereocenters. The van der Waals surface area contributed by atoms with Gasteiger partial charge >= 0.3 is 5.97 Å². The maximum Gasteiger partial charge on any atom is 0.358 e. The number of ether oxygens (including phenoxy) is 2. The molecule has 1 aromatic carbocycles. The Balaban J connectivity index is 2.31. The van der Waals surface area contributed by atoms with E-state index in [4.69, 9.17) is 9.47 Å². The molecule has 0 aliphatic rings. The molecule has 2 rings (SSSR count). The lowest BCUT2D eigenvalue weighted by molar-refractivity contribution is 0.0596. The Kier molecular flexibility index (Phi) is 3.94. The molecule has 0 aliphatic carbocycles. The summed E-state index contributed by atoms with van der Waals surface area (Å²) in [7, 11) is 1.35. The lowest BCUT2D eigenvalue weighted by atomic mass is 10.1. The fraction of sp³-hybridized carbons (Fsp3) is 0.231. The highest BCUT2D eigenvalue weighted by molar-refractivity contribution is 7.13. The van der Waals surface area contributed by atoms with Crippen LogP contribution in [-0.2, 0) is 4.74 Å². The van der Waals surface area contributed by atoms with E-state index < -0.39 is 5.97 Å². The van der Waals surface area contributed by atoms with Crippen molar-refractivity contribution in [2.75, 3.05) is 13.7 Å². The molecule has 5 heteroatoms. The Bertz CT molecular complexity index is 533. The first-order chi connectivity index (χ1) is 8.76. The van der Waals surface area contributed by atoms with Gasteiger partial charge in [0.1, 0.15) is 5.75 Å². The lowest BCUT2D eigenvalue weighted by Crippen LogP contribution is -2.02. The molecular weight excluding hydrogens is 250 g/mol. The summed E-state index contributed by atoms with van der Waals surface area (Å²) >= 11 is 1.41. The van der Waals surface area contributed by atoms with E-state index in [9.17, 15) is 4.79 Å². The van der Waals surface area contributed by atoms with Gasteiger partial charge < -0.3 is 9.47 Å². The number of nitrogens with zero attached hydrogens (tertiary/aromatic N) is 1. The minimum absolute atomic E-state index is 0.353. The minimum Gasteiger partial charge on any atom is -0.494 e. The molecule has 94 valence electrons. The molecule has 0 bridgehead atoms. The van der Waals surface area contributed by atoms with Crippen LogP contribution in [0.4, 0.5) is 0 Å². The molecule has 0 amide bonds. The number of carbonyl (C=O) groups is 1. The first-order valence-corrected chi connectivity index (χ1v) is 6.39. The zero-order chi connectivity index (χ0) is 13.0. The molecule has 0 spiro atoms. The van der Waals surface area contributed by atoms with E-state index in [0.717, 1.165) is 16.2 Å². The predicted molar refractivity (Wildman–Crippen MR) is 70.1 cm³/mol. The summed E-state index contributed by atoms with van der Waals surface area (Å²) in [5, 5.41) is 0. The first kappa shape index (κ1) is 12.6. The van der Waals surface area contributed by atoms with Gasteiger partial charge in [0.15, 0.2) is 5.69 Å². The van der Waals surface area contributed by atoms with Crippen molar-refractivity contribution in [2.24, 2.45) is 0 Å². The number of aromatic nitrogens is 1. The lowest BCUT2D eigenvalue weighted by Gasteiger charge is -2.04. The molecule has 0 aliphatic heterocycles. The first-order valence-electron chi connectivity index (χ1n) is 5.51. The van der Waals surface area contributed by atoms with Gasteiger partial charge in [0.25, 0.3) is 0 Å². The summed E-state index contributed by atoms with van der Waals surface area (Å²) in [6.07, 6.45) is 0. The van der Waals surface area contributed by atoms with E-state index in [1.165, 1.54) is 18.4 Å². The highest BCUT2D eigenvalue weighted by atomic mass is 32.1. The van der Waals surface area contributed by atoms with Gasteiger partial charge in [0.05, 0.1) is 24.1 Å². The highest BCUT2D eigenvalue weighted by Crippen LogP contribution is 2.29. The largest absolute Gasteiger partial charge is 0.494 e. The van der Waals surface area contributed by atoms with Gasteiger partial charge in [-0.3, -0.25) is 0 Å². The number of methoxy groups -OCH3 is 1. The van der Waals surface area contributed by atoms with Crippen LogP contribution in [0.3, 0.4) is 0 Å². The van der Waals surface area contributed by atoms with Crippen molar-refractivity contribution in [3.63, 3.8) is 0 Å². The topological polar surface area (TPSA) is 48.4 Å². The Morgan fingerprint density at radius 3 is 2.67 bits per heavy atom. The summed E-state index contributed by atoms with van der Waals surface area (Å²) < 4.78 is 10.1. The van der Waals surface area contributed by atoms with E-state index >= 15 is 0 Å². The molecular formula is C13H13NO3S. The zero-order valence-electron chi connectivity index (χ0n) is 10.2. The summed E-state index contributed by atoms with van der Waals surface area (Å²) in [5.74, 6) is 0.394. The van der Waals surface area contributed by atoms with E-state index in [1.807, 2.05) is 31.2 Å². The van der Waals surface area contributed by atoms with Crippen molar-refractivity contribution in [1.82, 2.24) is 4.98 Å². The van der Waals surface area contributed by atoms with Crippen LogP contribution in [0.5, 0.6) is 5.75 Å². The number of hydrogen-bond donors (Lipinski definition) is 0. The minimum atomic E-state index is -0.417. The fourth-order valence-electron chi connectivity index (χ4n) is 1.56. The van der Waals surface area contributed by atoms with Crippen LogP contribution in [0, 0.1) is 0 Å². The Morgan fingerprint density at radius 1 is 1.33 bits per heavy atom. The van der Waals surface area contributed by atoms with Crippen LogP contribution in [0.25, 0.3) is 10.4 Å². The number of benzene rings is 1. The van der Waals surface area contributed by atoms with Crippen molar-refractivity contribution in [2.45, 2.75) is 6.92 Å².